The van der Waals surface area contributed by atoms with Gasteiger partial charge in [0.15, 0.2) is 0 Å². The predicted molar refractivity (Wildman–Crippen MR) is 111 cm³/mol. The minimum Gasteiger partial charge on any atom is -0.495 e. The molecule has 0 unspecified atom stereocenters. The Kier molecular flexibility index (Phi) is 4.92. The van der Waals surface area contributed by atoms with E-state index in [0.717, 1.165) is 16.5 Å². The first kappa shape index (κ1) is 18.3. The van der Waals surface area contributed by atoms with Crippen molar-refractivity contribution >= 4 is 45.6 Å². The predicted octanol–water partition coefficient (Wildman–Crippen LogP) is 4.49. The zero-order valence-electron chi connectivity index (χ0n) is 15.3. The summed E-state index contributed by atoms with van der Waals surface area (Å²) in [6.45, 7) is 0.284. The molecule has 28 heavy (non-hydrogen) atoms. The Morgan fingerprint density at radius 3 is 2.75 bits per heavy atom. The fourth-order valence-corrected chi connectivity index (χ4v) is 3.73. The highest BCUT2D eigenvalue weighted by atomic mass is 35.5. The van der Waals surface area contributed by atoms with Crippen LogP contribution in [0.2, 0.25) is 5.02 Å². The van der Waals surface area contributed by atoms with E-state index in [9.17, 15) is 9.59 Å². The largest absolute Gasteiger partial charge is 0.495 e. The molecule has 1 atom stereocenters. The van der Waals surface area contributed by atoms with E-state index >= 15 is 0 Å². The third-order valence-electron chi connectivity index (χ3n) is 4.98. The van der Waals surface area contributed by atoms with Gasteiger partial charge in [0.1, 0.15) is 5.75 Å². The topological polar surface area (TPSA) is 58.6 Å². The van der Waals surface area contributed by atoms with Crippen molar-refractivity contribution in [3.8, 4) is 5.75 Å². The van der Waals surface area contributed by atoms with Gasteiger partial charge in [-0.15, -0.1) is 0 Å². The first-order chi connectivity index (χ1) is 13.6. The molecule has 0 saturated carbocycles. The van der Waals surface area contributed by atoms with E-state index in [1.807, 2.05) is 42.5 Å². The van der Waals surface area contributed by atoms with Gasteiger partial charge in [-0.05, 0) is 29.7 Å². The quantitative estimate of drug-likeness (QED) is 0.709. The number of carbonyl (C=O) groups is 2. The summed E-state index contributed by atoms with van der Waals surface area (Å²) in [5.74, 6) is -0.199. The van der Waals surface area contributed by atoms with Crippen LogP contribution in [-0.4, -0.2) is 25.5 Å². The third kappa shape index (κ3) is 3.41. The van der Waals surface area contributed by atoms with Crippen molar-refractivity contribution in [1.29, 1.82) is 0 Å². The minimum atomic E-state index is -0.449. The molecule has 0 bridgehead atoms. The molecule has 1 saturated heterocycles. The highest BCUT2D eigenvalue weighted by Gasteiger charge is 2.36. The van der Waals surface area contributed by atoms with Crippen LogP contribution in [-0.2, 0) is 9.59 Å². The number of rotatable bonds is 4. The number of ether oxygens (including phenoxy) is 1. The maximum Gasteiger partial charge on any atom is 0.229 e. The molecule has 1 fully saturated rings. The number of hydrogen-bond acceptors (Lipinski definition) is 3. The summed E-state index contributed by atoms with van der Waals surface area (Å²) in [5, 5.41) is 5.51. The summed E-state index contributed by atoms with van der Waals surface area (Å²) in [7, 11) is 1.54. The SMILES string of the molecule is COc1ccc(Cl)cc1N1C[C@H](C(=O)Nc2cccc3ccccc23)CC1=O. The molecule has 5 nitrogen and oxygen atoms in total. The van der Waals surface area contributed by atoms with Crippen LogP contribution < -0.4 is 15.0 Å². The zero-order chi connectivity index (χ0) is 19.7. The number of nitrogens with zero attached hydrogens (tertiary/aromatic N) is 1. The van der Waals surface area contributed by atoms with Crippen molar-refractivity contribution in [2.45, 2.75) is 6.42 Å². The minimum absolute atomic E-state index is 0.126. The third-order valence-corrected chi connectivity index (χ3v) is 5.21. The van der Waals surface area contributed by atoms with Crippen LogP contribution in [0, 0.1) is 5.92 Å². The molecule has 0 radical (unpaired) electrons. The molecule has 1 N–H and O–H groups in total. The summed E-state index contributed by atoms with van der Waals surface area (Å²) in [6.07, 6.45) is 0.145. The van der Waals surface area contributed by atoms with Crippen molar-refractivity contribution < 1.29 is 14.3 Å². The molecule has 0 aromatic heterocycles. The molecule has 1 aliphatic heterocycles. The van der Waals surface area contributed by atoms with E-state index < -0.39 is 5.92 Å². The molecule has 3 aromatic carbocycles. The van der Waals surface area contributed by atoms with Crippen LogP contribution in [0.3, 0.4) is 0 Å². The Balaban J connectivity index is 1.56. The van der Waals surface area contributed by atoms with E-state index in [1.165, 1.54) is 7.11 Å². The summed E-state index contributed by atoms with van der Waals surface area (Å²) in [6, 6.07) is 18.7. The number of anilines is 2. The lowest BCUT2D eigenvalue weighted by Gasteiger charge is -2.20. The van der Waals surface area contributed by atoms with E-state index in [-0.39, 0.29) is 24.8 Å². The molecule has 4 rings (SSSR count). The van der Waals surface area contributed by atoms with Gasteiger partial charge in [0.25, 0.3) is 0 Å². The molecule has 0 spiro atoms. The van der Waals surface area contributed by atoms with E-state index in [1.54, 1.807) is 23.1 Å². The molecule has 0 aliphatic carbocycles. The number of fused-ring (bicyclic) bond motifs is 1. The lowest BCUT2D eigenvalue weighted by Crippen LogP contribution is -2.28. The normalized spacial score (nSPS) is 16.4. The summed E-state index contributed by atoms with van der Waals surface area (Å²) in [5.41, 5.74) is 1.33. The van der Waals surface area contributed by atoms with E-state index in [2.05, 4.69) is 5.32 Å². The number of amides is 2. The maximum absolute atomic E-state index is 12.9. The fourth-order valence-electron chi connectivity index (χ4n) is 3.56. The Hall–Kier alpha value is -3.05. The van der Waals surface area contributed by atoms with Gasteiger partial charge < -0.3 is 15.0 Å². The lowest BCUT2D eigenvalue weighted by atomic mass is 10.1. The van der Waals surface area contributed by atoms with E-state index in [4.69, 9.17) is 16.3 Å². The summed E-state index contributed by atoms with van der Waals surface area (Å²) >= 11 is 6.09. The smallest absolute Gasteiger partial charge is 0.229 e. The highest BCUT2D eigenvalue weighted by Crippen LogP contribution is 2.35. The molecule has 6 heteroatoms. The van der Waals surface area contributed by atoms with Crippen LogP contribution in [0.15, 0.2) is 60.7 Å². The molecule has 1 aliphatic rings. The Morgan fingerprint density at radius 2 is 1.93 bits per heavy atom. The average Bonchev–Trinajstić information content (AvgIpc) is 3.10. The van der Waals surface area contributed by atoms with Gasteiger partial charge in [0.2, 0.25) is 11.8 Å². The van der Waals surface area contributed by atoms with Crippen LogP contribution in [0.1, 0.15) is 6.42 Å². The molecule has 142 valence electrons. The van der Waals surface area contributed by atoms with Crippen LogP contribution in [0.25, 0.3) is 10.8 Å². The van der Waals surface area contributed by atoms with E-state index in [0.29, 0.717) is 16.5 Å². The number of methoxy groups -OCH3 is 1. The van der Waals surface area contributed by atoms with Crippen LogP contribution in [0.5, 0.6) is 5.75 Å². The van der Waals surface area contributed by atoms with Gasteiger partial charge in [0.05, 0.1) is 18.7 Å². The fraction of sp³-hybridized carbons (Fsp3) is 0.182. The number of hydrogen-bond donors (Lipinski definition) is 1. The Bertz CT molecular complexity index is 1060. The van der Waals surface area contributed by atoms with Gasteiger partial charge in [0, 0.05) is 29.1 Å². The zero-order valence-corrected chi connectivity index (χ0v) is 16.1. The molecule has 2 amide bonds. The number of halogens is 1. The second kappa shape index (κ2) is 7.52. The van der Waals surface area contributed by atoms with Crippen LogP contribution >= 0.6 is 11.6 Å². The van der Waals surface area contributed by atoms with Gasteiger partial charge in [-0.25, -0.2) is 0 Å². The Morgan fingerprint density at radius 1 is 1.14 bits per heavy atom. The van der Waals surface area contributed by atoms with Crippen molar-refractivity contribution in [1.82, 2.24) is 0 Å². The molecule has 1 heterocycles. The Labute approximate surface area is 167 Å². The molecular weight excluding hydrogens is 376 g/mol. The first-order valence-electron chi connectivity index (χ1n) is 8.99. The summed E-state index contributed by atoms with van der Waals surface area (Å²) < 4.78 is 5.35. The molecular formula is C22H19ClN2O3. The lowest BCUT2D eigenvalue weighted by molar-refractivity contribution is -0.122. The van der Waals surface area contributed by atoms with Gasteiger partial charge in [-0.1, -0.05) is 48.0 Å². The number of carbonyl (C=O) groups excluding carboxylic acids is 2. The van der Waals surface area contributed by atoms with Crippen molar-refractivity contribution in [2.75, 3.05) is 23.9 Å². The summed E-state index contributed by atoms with van der Waals surface area (Å²) in [4.78, 5) is 27.0. The van der Waals surface area contributed by atoms with Gasteiger partial charge >= 0.3 is 0 Å². The maximum atomic E-state index is 12.9. The number of nitrogens with one attached hydrogen (secondary N) is 1. The highest BCUT2D eigenvalue weighted by molar-refractivity contribution is 6.31. The average molecular weight is 395 g/mol. The standard InChI is InChI=1S/C22H19ClN2O3/c1-28-20-10-9-16(23)12-19(20)25-13-15(11-21(25)26)22(27)24-18-8-4-6-14-5-2-3-7-17(14)18/h2-10,12,15H,11,13H2,1H3,(H,24,27)/t15-/m1/s1. The second-order valence-electron chi connectivity index (χ2n) is 6.74. The van der Waals surface area contributed by atoms with Gasteiger partial charge in [-0.3, -0.25) is 9.59 Å². The molecule has 3 aromatic rings. The van der Waals surface area contributed by atoms with Crippen molar-refractivity contribution in [3.63, 3.8) is 0 Å². The second-order valence-corrected chi connectivity index (χ2v) is 7.17. The van der Waals surface area contributed by atoms with Gasteiger partial charge in [-0.2, -0.15) is 0 Å². The van der Waals surface area contributed by atoms with Crippen molar-refractivity contribution in [3.05, 3.63) is 65.7 Å². The monoisotopic (exact) mass is 394 g/mol. The van der Waals surface area contributed by atoms with Crippen molar-refractivity contribution in [2.24, 2.45) is 5.92 Å². The first-order valence-corrected chi connectivity index (χ1v) is 9.37. The number of benzene rings is 3. The van der Waals surface area contributed by atoms with Crippen LogP contribution in [0.4, 0.5) is 11.4 Å².